The molecule has 5 heteroatoms. The Morgan fingerprint density at radius 3 is 2.78 bits per heavy atom. The Morgan fingerprint density at radius 1 is 1.44 bits per heavy atom. The van der Waals surface area contributed by atoms with E-state index in [2.05, 4.69) is 22.0 Å². The van der Waals surface area contributed by atoms with E-state index in [0.717, 1.165) is 35.6 Å². The molecule has 1 aromatic heterocycles. The summed E-state index contributed by atoms with van der Waals surface area (Å²) in [5.41, 5.74) is 8.29. The zero-order valence-electron chi connectivity index (χ0n) is 11.3. The molecular weight excluding hydrogens is 226 g/mol. The minimum Gasteiger partial charge on any atom is -0.384 e. The number of aromatic nitrogens is 2. The van der Waals surface area contributed by atoms with E-state index < -0.39 is 0 Å². The second-order valence-corrected chi connectivity index (χ2v) is 4.92. The van der Waals surface area contributed by atoms with Gasteiger partial charge in [-0.3, -0.25) is 5.41 Å². The molecule has 1 aromatic rings. The molecule has 5 nitrogen and oxygen atoms in total. The summed E-state index contributed by atoms with van der Waals surface area (Å²) >= 11 is 0. The molecule has 1 fully saturated rings. The van der Waals surface area contributed by atoms with Crippen LogP contribution in [0, 0.1) is 19.3 Å². The van der Waals surface area contributed by atoms with Gasteiger partial charge in [0.25, 0.3) is 0 Å². The number of nitrogens with two attached hydrogens (primary N) is 1. The maximum absolute atomic E-state index is 7.78. The quantitative estimate of drug-likeness (QED) is 0.630. The molecule has 1 aliphatic heterocycles. The van der Waals surface area contributed by atoms with Gasteiger partial charge >= 0.3 is 0 Å². The van der Waals surface area contributed by atoms with Gasteiger partial charge in [0.2, 0.25) is 0 Å². The van der Waals surface area contributed by atoms with Gasteiger partial charge in [-0.25, -0.2) is 0 Å². The summed E-state index contributed by atoms with van der Waals surface area (Å²) < 4.78 is 0. The number of nitrogens with one attached hydrogen (secondary N) is 1. The lowest BCUT2D eigenvalue weighted by Crippen LogP contribution is -2.32. The first-order chi connectivity index (χ1) is 8.56. The smallest absolute Gasteiger partial charge is 0.162 e. The maximum atomic E-state index is 7.78. The second kappa shape index (κ2) is 4.92. The molecule has 1 atom stereocenters. The Kier molecular flexibility index (Phi) is 3.50. The first-order valence-corrected chi connectivity index (χ1v) is 6.51. The highest BCUT2D eigenvalue weighted by Crippen LogP contribution is 2.29. The van der Waals surface area contributed by atoms with Crippen molar-refractivity contribution in [2.45, 2.75) is 46.1 Å². The van der Waals surface area contributed by atoms with E-state index in [1.165, 1.54) is 12.8 Å². The molecule has 0 bridgehead atoms. The number of hydrogen-bond acceptors (Lipinski definition) is 4. The van der Waals surface area contributed by atoms with Crippen molar-refractivity contribution in [3.05, 3.63) is 16.8 Å². The van der Waals surface area contributed by atoms with Crippen molar-refractivity contribution in [1.29, 1.82) is 5.41 Å². The molecule has 1 unspecified atom stereocenters. The summed E-state index contributed by atoms with van der Waals surface area (Å²) in [6.07, 6.45) is 3.44. The van der Waals surface area contributed by atoms with Crippen molar-refractivity contribution in [2.24, 2.45) is 5.73 Å². The largest absolute Gasteiger partial charge is 0.384 e. The van der Waals surface area contributed by atoms with E-state index >= 15 is 0 Å². The van der Waals surface area contributed by atoms with Crippen LogP contribution in [0.5, 0.6) is 0 Å². The number of aryl methyl sites for hydroxylation is 1. The van der Waals surface area contributed by atoms with Gasteiger partial charge in [0.05, 0.1) is 11.3 Å². The molecule has 0 saturated carbocycles. The van der Waals surface area contributed by atoms with Crippen LogP contribution >= 0.6 is 0 Å². The van der Waals surface area contributed by atoms with Gasteiger partial charge in [0.1, 0.15) is 5.84 Å². The maximum Gasteiger partial charge on any atom is 0.162 e. The summed E-state index contributed by atoms with van der Waals surface area (Å²) in [6.45, 7) is 7.03. The lowest BCUT2D eigenvalue weighted by atomic mass is 10.1. The summed E-state index contributed by atoms with van der Waals surface area (Å²) in [5.74, 6) is 0.872. The van der Waals surface area contributed by atoms with E-state index in [-0.39, 0.29) is 5.84 Å². The van der Waals surface area contributed by atoms with E-state index in [0.29, 0.717) is 6.04 Å². The fraction of sp³-hybridized carbons (Fsp3) is 0.615. The highest BCUT2D eigenvalue weighted by molar-refractivity contribution is 6.01. The fourth-order valence-corrected chi connectivity index (χ4v) is 2.66. The average molecular weight is 247 g/mol. The van der Waals surface area contributed by atoms with Crippen LogP contribution in [0.1, 0.15) is 43.0 Å². The SMILES string of the molecule is CCC1CCCN1c1nnc(C)c(C)c1C(=N)N. The van der Waals surface area contributed by atoms with Crippen LogP contribution in [-0.4, -0.2) is 28.6 Å². The highest BCUT2D eigenvalue weighted by Gasteiger charge is 2.28. The van der Waals surface area contributed by atoms with Crippen molar-refractivity contribution in [3.63, 3.8) is 0 Å². The fourth-order valence-electron chi connectivity index (χ4n) is 2.66. The molecule has 2 heterocycles. The molecule has 98 valence electrons. The van der Waals surface area contributed by atoms with Crippen LogP contribution in [0.4, 0.5) is 5.82 Å². The lowest BCUT2D eigenvalue weighted by molar-refractivity contribution is 0.636. The first kappa shape index (κ1) is 12.8. The van der Waals surface area contributed by atoms with Crippen molar-refractivity contribution < 1.29 is 0 Å². The predicted molar refractivity (Wildman–Crippen MR) is 73.2 cm³/mol. The van der Waals surface area contributed by atoms with E-state index in [9.17, 15) is 0 Å². The zero-order valence-corrected chi connectivity index (χ0v) is 11.3. The molecule has 3 N–H and O–H groups in total. The van der Waals surface area contributed by atoms with Gasteiger partial charge in [-0.05, 0) is 38.7 Å². The topological polar surface area (TPSA) is 78.9 Å². The minimum atomic E-state index is 0.0854. The Labute approximate surface area is 108 Å². The number of amidine groups is 1. The molecule has 0 aromatic carbocycles. The first-order valence-electron chi connectivity index (χ1n) is 6.51. The number of hydrogen-bond donors (Lipinski definition) is 2. The third kappa shape index (κ3) is 2.05. The van der Waals surface area contributed by atoms with Crippen LogP contribution in [0.2, 0.25) is 0 Å². The van der Waals surface area contributed by atoms with Crippen LogP contribution in [-0.2, 0) is 0 Å². The summed E-state index contributed by atoms with van der Waals surface area (Å²) in [4.78, 5) is 2.26. The highest BCUT2D eigenvalue weighted by atomic mass is 15.3. The minimum absolute atomic E-state index is 0.0854. The summed E-state index contributed by atoms with van der Waals surface area (Å²) in [5, 5.41) is 16.3. The Morgan fingerprint density at radius 2 is 2.17 bits per heavy atom. The Hall–Kier alpha value is -1.65. The monoisotopic (exact) mass is 247 g/mol. The third-order valence-electron chi connectivity index (χ3n) is 3.83. The van der Waals surface area contributed by atoms with Gasteiger partial charge < -0.3 is 10.6 Å². The average Bonchev–Trinajstić information content (AvgIpc) is 2.79. The number of rotatable bonds is 3. The van der Waals surface area contributed by atoms with Crippen LogP contribution in [0.3, 0.4) is 0 Å². The third-order valence-corrected chi connectivity index (χ3v) is 3.83. The molecule has 18 heavy (non-hydrogen) atoms. The van der Waals surface area contributed by atoms with Crippen molar-refractivity contribution >= 4 is 11.7 Å². The second-order valence-electron chi connectivity index (χ2n) is 4.92. The standard InChI is InChI=1S/C13H21N5/c1-4-10-6-5-7-18(10)13-11(12(14)15)8(2)9(3)16-17-13/h10H,4-7H2,1-3H3,(H3,14,15). The van der Waals surface area contributed by atoms with Gasteiger partial charge in [-0.2, -0.15) is 5.10 Å². The molecule has 1 aliphatic rings. The molecule has 0 radical (unpaired) electrons. The molecule has 0 spiro atoms. The molecule has 2 rings (SSSR count). The molecule has 0 amide bonds. The van der Waals surface area contributed by atoms with Gasteiger partial charge in [0, 0.05) is 12.6 Å². The number of nitrogen functional groups attached to an aromatic ring is 1. The van der Waals surface area contributed by atoms with Gasteiger partial charge in [-0.15, -0.1) is 5.10 Å². The van der Waals surface area contributed by atoms with E-state index in [1.54, 1.807) is 0 Å². The molecule has 1 saturated heterocycles. The zero-order chi connectivity index (χ0) is 13.3. The molecule has 0 aliphatic carbocycles. The van der Waals surface area contributed by atoms with Crippen LogP contribution in [0.15, 0.2) is 0 Å². The van der Waals surface area contributed by atoms with Crippen molar-refractivity contribution in [3.8, 4) is 0 Å². The summed E-state index contributed by atoms with van der Waals surface area (Å²) in [6, 6.07) is 0.500. The van der Waals surface area contributed by atoms with Crippen LogP contribution < -0.4 is 10.6 Å². The van der Waals surface area contributed by atoms with Crippen molar-refractivity contribution in [1.82, 2.24) is 10.2 Å². The van der Waals surface area contributed by atoms with Gasteiger partial charge in [-0.1, -0.05) is 6.92 Å². The number of anilines is 1. The van der Waals surface area contributed by atoms with E-state index in [4.69, 9.17) is 11.1 Å². The lowest BCUT2D eigenvalue weighted by Gasteiger charge is -2.27. The Bertz CT molecular complexity index is 469. The van der Waals surface area contributed by atoms with E-state index in [1.807, 2.05) is 13.8 Å². The Balaban J connectivity index is 2.50. The summed E-state index contributed by atoms with van der Waals surface area (Å²) in [7, 11) is 0. The molecular formula is C13H21N5. The normalized spacial score (nSPS) is 19.3. The van der Waals surface area contributed by atoms with Crippen LogP contribution in [0.25, 0.3) is 0 Å². The predicted octanol–water partition coefficient (Wildman–Crippen LogP) is 1.76. The van der Waals surface area contributed by atoms with Crippen molar-refractivity contribution in [2.75, 3.05) is 11.4 Å². The van der Waals surface area contributed by atoms with Gasteiger partial charge in [0.15, 0.2) is 5.82 Å². The number of nitrogens with zero attached hydrogens (tertiary/aromatic N) is 3.